The van der Waals surface area contributed by atoms with Crippen LogP contribution < -0.4 is 0 Å². The van der Waals surface area contributed by atoms with Crippen LogP contribution in [0.3, 0.4) is 0 Å². The first-order chi connectivity index (χ1) is 32.0. The molecule has 0 aliphatic rings. The molecular formula is C59H98O6. The summed E-state index contributed by atoms with van der Waals surface area (Å²) in [4.78, 5) is 38.0. The van der Waals surface area contributed by atoms with Crippen LogP contribution in [0.25, 0.3) is 0 Å². The summed E-state index contributed by atoms with van der Waals surface area (Å²) >= 11 is 0. The lowest BCUT2D eigenvalue weighted by molar-refractivity contribution is -0.167. The van der Waals surface area contributed by atoms with Crippen molar-refractivity contribution in [1.82, 2.24) is 0 Å². The van der Waals surface area contributed by atoms with E-state index in [9.17, 15) is 14.4 Å². The van der Waals surface area contributed by atoms with Crippen LogP contribution in [0.15, 0.2) is 97.2 Å². The van der Waals surface area contributed by atoms with Crippen molar-refractivity contribution >= 4 is 17.9 Å². The SMILES string of the molecule is CC/C=C/C=C/C=C/CCCCCCCC(=O)OCC(COC(=O)CCCCCCC/C=C/C=C/CCCCCCCCC)OC(=O)CCCCCCCC/C=C/C/C=C/C/C=C/CC. The Morgan fingerprint density at radius 3 is 1.12 bits per heavy atom. The molecule has 0 N–H and O–H groups in total. The summed E-state index contributed by atoms with van der Waals surface area (Å²) in [5.74, 6) is -0.948. The number of hydrogen-bond acceptors (Lipinski definition) is 6. The summed E-state index contributed by atoms with van der Waals surface area (Å²) < 4.78 is 16.8. The van der Waals surface area contributed by atoms with Crippen molar-refractivity contribution in [1.29, 1.82) is 0 Å². The Balaban J connectivity index is 4.46. The first-order valence-electron chi connectivity index (χ1n) is 26.8. The highest BCUT2D eigenvalue weighted by Crippen LogP contribution is 2.14. The zero-order valence-electron chi connectivity index (χ0n) is 42.2. The molecule has 0 bridgehead atoms. The molecule has 370 valence electrons. The number of hydrogen-bond donors (Lipinski definition) is 0. The molecule has 0 aliphatic carbocycles. The van der Waals surface area contributed by atoms with Crippen LogP contribution in [-0.4, -0.2) is 37.2 Å². The fraction of sp³-hybridized carbons (Fsp3) is 0.678. The van der Waals surface area contributed by atoms with Crippen LogP contribution in [0.5, 0.6) is 0 Å². The average Bonchev–Trinajstić information content (AvgIpc) is 3.30. The molecule has 0 aliphatic heterocycles. The Kier molecular flexibility index (Phi) is 50.0. The third-order valence-corrected chi connectivity index (χ3v) is 11.1. The van der Waals surface area contributed by atoms with E-state index in [4.69, 9.17) is 14.2 Å². The lowest BCUT2D eigenvalue weighted by Gasteiger charge is -2.18. The predicted octanol–water partition coefficient (Wildman–Crippen LogP) is 17.8. The highest BCUT2D eigenvalue weighted by Gasteiger charge is 2.19. The van der Waals surface area contributed by atoms with Crippen molar-refractivity contribution in [3.8, 4) is 0 Å². The molecule has 6 heteroatoms. The molecule has 65 heavy (non-hydrogen) atoms. The lowest BCUT2D eigenvalue weighted by atomic mass is 10.1. The predicted molar refractivity (Wildman–Crippen MR) is 279 cm³/mol. The van der Waals surface area contributed by atoms with E-state index in [1.54, 1.807) is 0 Å². The van der Waals surface area contributed by atoms with Gasteiger partial charge in [0.2, 0.25) is 0 Å². The van der Waals surface area contributed by atoms with E-state index in [0.29, 0.717) is 19.3 Å². The second-order valence-corrected chi connectivity index (χ2v) is 17.5. The second kappa shape index (κ2) is 52.9. The molecule has 0 fully saturated rings. The molecule has 1 atom stereocenters. The monoisotopic (exact) mass is 903 g/mol. The van der Waals surface area contributed by atoms with Gasteiger partial charge in [-0.15, -0.1) is 0 Å². The Bertz CT molecular complexity index is 1310. The fourth-order valence-electron chi connectivity index (χ4n) is 7.15. The van der Waals surface area contributed by atoms with Crippen molar-refractivity contribution in [3.05, 3.63) is 97.2 Å². The van der Waals surface area contributed by atoms with E-state index >= 15 is 0 Å². The van der Waals surface area contributed by atoms with Crippen LogP contribution in [-0.2, 0) is 28.6 Å². The minimum absolute atomic E-state index is 0.0988. The summed E-state index contributed by atoms with van der Waals surface area (Å²) in [6, 6.07) is 0. The van der Waals surface area contributed by atoms with Gasteiger partial charge < -0.3 is 14.2 Å². The number of esters is 3. The summed E-state index contributed by atoms with van der Waals surface area (Å²) in [7, 11) is 0. The molecule has 0 radical (unpaired) electrons. The normalized spacial score (nSPS) is 12.8. The molecule has 0 rings (SSSR count). The van der Waals surface area contributed by atoms with Gasteiger partial charge in [-0.3, -0.25) is 14.4 Å². The summed E-state index contributed by atoms with van der Waals surface area (Å²) in [6.07, 6.45) is 69.6. The molecule has 0 saturated heterocycles. The smallest absolute Gasteiger partial charge is 0.306 e. The molecule has 0 aromatic heterocycles. The van der Waals surface area contributed by atoms with E-state index in [-0.39, 0.29) is 31.1 Å². The Morgan fingerprint density at radius 1 is 0.338 bits per heavy atom. The minimum atomic E-state index is -0.800. The highest BCUT2D eigenvalue weighted by atomic mass is 16.6. The van der Waals surface area contributed by atoms with Gasteiger partial charge in [0.1, 0.15) is 13.2 Å². The first kappa shape index (κ1) is 61.3. The molecule has 0 aromatic carbocycles. The van der Waals surface area contributed by atoms with E-state index < -0.39 is 6.10 Å². The number of rotatable bonds is 47. The third kappa shape index (κ3) is 51.2. The van der Waals surface area contributed by atoms with Gasteiger partial charge in [0, 0.05) is 19.3 Å². The number of carbonyl (C=O) groups is 3. The standard InChI is InChI=1S/C59H98O6/c1-4-7-10-13-16-19-22-25-27-29-30-32-34-37-40-43-46-49-52-58(61)64-55-56(54-63-57(60)51-48-45-42-39-36-33-24-21-18-15-12-9-6-3)65-59(62)53-50-47-44-41-38-35-31-28-26-23-20-17-14-11-8-5-2/h8-9,11-12,15,17-18,20-21,24,26-30,32,56H,4-7,10,13-14,16,19,22-23,25,31,33-55H2,1-3H3/b11-8+,12-9+,18-15+,20-17+,24-21+,28-26+,29-27+,32-30+. The van der Waals surface area contributed by atoms with Gasteiger partial charge in [-0.25, -0.2) is 0 Å². The van der Waals surface area contributed by atoms with Gasteiger partial charge in [-0.05, 0) is 96.3 Å². The van der Waals surface area contributed by atoms with Crippen molar-refractivity contribution < 1.29 is 28.6 Å². The van der Waals surface area contributed by atoms with Gasteiger partial charge in [0.05, 0.1) is 0 Å². The molecule has 0 heterocycles. The number of ether oxygens (including phenoxy) is 3. The zero-order chi connectivity index (χ0) is 47.2. The quantitative estimate of drug-likeness (QED) is 0.0199. The number of allylic oxidation sites excluding steroid dienone is 16. The number of carbonyl (C=O) groups excluding carboxylic acids is 3. The summed E-state index contributed by atoms with van der Waals surface area (Å²) in [5.41, 5.74) is 0. The maximum absolute atomic E-state index is 12.8. The van der Waals surface area contributed by atoms with Crippen LogP contribution in [0.4, 0.5) is 0 Å². The van der Waals surface area contributed by atoms with Crippen LogP contribution >= 0.6 is 0 Å². The van der Waals surface area contributed by atoms with Crippen molar-refractivity contribution in [2.75, 3.05) is 13.2 Å². The molecular weight excluding hydrogens is 805 g/mol. The second-order valence-electron chi connectivity index (χ2n) is 17.5. The summed E-state index contributed by atoms with van der Waals surface area (Å²) in [6.45, 7) is 6.34. The largest absolute Gasteiger partial charge is 0.462 e. The third-order valence-electron chi connectivity index (χ3n) is 11.1. The lowest BCUT2D eigenvalue weighted by Crippen LogP contribution is -2.30. The Labute approximate surface area is 400 Å². The zero-order valence-corrected chi connectivity index (χ0v) is 42.2. The van der Waals surface area contributed by atoms with E-state index in [1.807, 2.05) is 0 Å². The van der Waals surface area contributed by atoms with Crippen molar-refractivity contribution in [2.24, 2.45) is 0 Å². The van der Waals surface area contributed by atoms with Gasteiger partial charge in [0.15, 0.2) is 6.10 Å². The van der Waals surface area contributed by atoms with E-state index in [0.717, 1.165) is 135 Å². The first-order valence-corrected chi connectivity index (χ1v) is 26.8. The average molecular weight is 903 g/mol. The summed E-state index contributed by atoms with van der Waals surface area (Å²) in [5, 5.41) is 0. The van der Waals surface area contributed by atoms with Crippen molar-refractivity contribution in [3.63, 3.8) is 0 Å². The minimum Gasteiger partial charge on any atom is -0.462 e. The van der Waals surface area contributed by atoms with Gasteiger partial charge in [0.25, 0.3) is 0 Å². The molecule has 0 aromatic rings. The Hall–Kier alpha value is -3.67. The molecule has 0 saturated carbocycles. The van der Waals surface area contributed by atoms with Crippen LogP contribution in [0.2, 0.25) is 0 Å². The maximum Gasteiger partial charge on any atom is 0.306 e. The van der Waals surface area contributed by atoms with Gasteiger partial charge in [-0.1, -0.05) is 221 Å². The van der Waals surface area contributed by atoms with Crippen LogP contribution in [0.1, 0.15) is 239 Å². The van der Waals surface area contributed by atoms with E-state index in [1.165, 1.54) is 64.2 Å². The van der Waals surface area contributed by atoms with Crippen molar-refractivity contribution in [2.45, 2.75) is 245 Å². The molecule has 6 nitrogen and oxygen atoms in total. The topological polar surface area (TPSA) is 78.9 Å². The highest BCUT2D eigenvalue weighted by molar-refractivity contribution is 5.71. The van der Waals surface area contributed by atoms with E-state index in [2.05, 4.69) is 118 Å². The maximum atomic E-state index is 12.8. The molecule has 0 amide bonds. The van der Waals surface area contributed by atoms with Gasteiger partial charge in [-0.2, -0.15) is 0 Å². The molecule has 1 unspecified atom stereocenters. The van der Waals surface area contributed by atoms with Crippen LogP contribution in [0, 0.1) is 0 Å². The van der Waals surface area contributed by atoms with Gasteiger partial charge >= 0.3 is 17.9 Å². The number of unbranched alkanes of at least 4 members (excludes halogenated alkanes) is 23. The Morgan fingerprint density at radius 2 is 0.677 bits per heavy atom. The fourth-order valence-corrected chi connectivity index (χ4v) is 7.15. The molecule has 0 spiro atoms.